The van der Waals surface area contributed by atoms with Crippen molar-refractivity contribution < 1.29 is 61.3 Å². The van der Waals surface area contributed by atoms with Gasteiger partial charge in [-0.15, -0.1) is 0 Å². The molecule has 6 rings (SSSR count). The van der Waals surface area contributed by atoms with E-state index in [1.165, 1.54) is 12.1 Å². The summed E-state index contributed by atoms with van der Waals surface area (Å²) < 4.78 is 134. The van der Waals surface area contributed by atoms with E-state index >= 15 is 0 Å². The highest BCUT2D eigenvalue weighted by atomic mass is 127. The zero-order chi connectivity index (χ0) is 52.3. The van der Waals surface area contributed by atoms with Crippen molar-refractivity contribution in [3.05, 3.63) is 106 Å². The van der Waals surface area contributed by atoms with Crippen molar-refractivity contribution in [2.24, 2.45) is 0 Å². The third-order valence-electron chi connectivity index (χ3n) is 13.4. The lowest BCUT2D eigenvalue weighted by atomic mass is 9.80. The molecule has 0 atom stereocenters. The molecule has 0 saturated carbocycles. The van der Waals surface area contributed by atoms with E-state index in [9.17, 15) is 56.7 Å². The van der Waals surface area contributed by atoms with Gasteiger partial charge in [0.1, 0.15) is 6.54 Å². The van der Waals surface area contributed by atoms with Gasteiger partial charge in [-0.3, -0.25) is 23.0 Å². The van der Waals surface area contributed by atoms with Crippen LogP contribution in [0.3, 0.4) is 0 Å². The largest absolute Gasteiger partial charge is 0.371 e. The van der Waals surface area contributed by atoms with Crippen molar-refractivity contribution >= 4 is 112 Å². The Hall–Kier alpha value is -3.52. The van der Waals surface area contributed by atoms with Crippen LogP contribution in [-0.4, -0.2) is 109 Å². The summed E-state index contributed by atoms with van der Waals surface area (Å²) in [6, 6.07) is 14.1. The van der Waals surface area contributed by atoms with Gasteiger partial charge in [-0.25, -0.2) is 0 Å². The second kappa shape index (κ2) is 22.5. The van der Waals surface area contributed by atoms with Gasteiger partial charge in [0.2, 0.25) is 5.69 Å². The summed E-state index contributed by atoms with van der Waals surface area (Å²) in [7, 11) is -17.2. The van der Waals surface area contributed by atoms with Gasteiger partial charge in [0, 0.05) is 77.7 Å². The molecule has 16 nitrogen and oxygen atoms in total. The van der Waals surface area contributed by atoms with E-state index in [0.29, 0.717) is 41.9 Å². The predicted molar refractivity (Wildman–Crippen MR) is 288 cm³/mol. The number of hydrogen-bond donors (Lipinski definition) is 4. The van der Waals surface area contributed by atoms with Gasteiger partial charge in [0.25, 0.3) is 40.5 Å². The molecule has 388 valence electrons. The minimum atomic E-state index is -4.42. The molecule has 0 unspecified atom stereocenters. The quantitative estimate of drug-likeness (QED) is 0.0227. The molecular formula is C49H62ClIN3O13S4+. The van der Waals surface area contributed by atoms with Crippen LogP contribution < -0.4 is 9.80 Å². The molecule has 22 heteroatoms. The zero-order valence-corrected chi connectivity index (χ0v) is 46.3. The van der Waals surface area contributed by atoms with Crippen molar-refractivity contribution in [1.82, 2.24) is 0 Å². The number of halogens is 2. The Kier molecular flexibility index (Phi) is 18.0. The summed E-state index contributed by atoms with van der Waals surface area (Å²) in [6.07, 6.45) is 13.5. The van der Waals surface area contributed by atoms with Crippen molar-refractivity contribution in [3.63, 3.8) is 0 Å². The maximum absolute atomic E-state index is 12.1. The number of rotatable bonds is 23. The number of benzene rings is 3. The van der Waals surface area contributed by atoms with Crippen LogP contribution in [-0.2, 0) is 56.1 Å². The minimum Gasteiger partial charge on any atom is -0.371 e. The van der Waals surface area contributed by atoms with Crippen molar-refractivity contribution in [2.75, 3.05) is 53.2 Å². The molecule has 0 amide bonds. The molecule has 0 bridgehead atoms. The summed E-state index contributed by atoms with van der Waals surface area (Å²) in [6.45, 7) is 9.49. The number of unbranched alkanes of at least 4 members (excludes halogenated alkanes) is 2. The number of carbonyl (C=O) groups excluding carboxylic acids is 1. The molecule has 0 aromatic heterocycles. The zero-order valence-electron chi connectivity index (χ0n) is 40.1. The predicted octanol–water partition coefficient (Wildman–Crippen LogP) is 9.47. The number of hydrogen-bond acceptors (Lipinski definition) is 11. The van der Waals surface area contributed by atoms with Crippen LogP contribution in [0.25, 0.3) is 10.8 Å². The molecule has 3 aromatic carbocycles. The molecular weight excluding hydrogens is 1130 g/mol. The summed E-state index contributed by atoms with van der Waals surface area (Å²) in [4.78, 5) is 15.6. The van der Waals surface area contributed by atoms with Crippen LogP contribution in [0, 0.1) is 0 Å². The highest BCUT2D eigenvalue weighted by Gasteiger charge is 2.45. The number of allylic oxidation sites excluding steroid dienone is 8. The van der Waals surface area contributed by atoms with E-state index in [1.54, 1.807) is 17.0 Å². The Labute approximate surface area is 436 Å². The molecule has 3 aliphatic rings. The Morgan fingerprint density at radius 3 is 2.03 bits per heavy atom. The van der Waals surface area contributed by atoms with Gasteiger partial charge in [-0.2, -0.15) is 38.2 Å². The summed E-state index contributed by atoms with van der Waals surface area (Å²) in [5.74, 6) is -1.48. The average molecular weight is 1190 g/mol. The first-order chi connectivity index (χ1) is 33.0. The SMILES string of the molecule is CC1(C)C(/C=C/C2=C(Cl)C(=C/C=C3/N(CCCCCC(=O)I)c4ccc5cc(S(=O)(=O)O)ccc5c4C3(C)C)/CCC2)=[N+](CCCS(=O)(=O)O)c2ccc(N(CCCS(=O)(=O)O)CCCS(=O)(=O)O)cc21. The lowest BCUT2D eigenvalue weighted by molar-refractivity contribution is -0.437. The highest BCUT2D eigenvalue weighted by molar-refractivity contribution is 14.1. The molecule has 0 spiro atoms. The van der Waals surface area contributed by atoms with Crippen LogP contribution in [0.1, 0.15) is 103 Å². The van der Waals surface area contributed by atoms with Crippen molar-refractivity contribution in [2.45, 2.75) is 108 Å². The first-order valence-electron chi connectivity index (χ1n) is 23.4. The van der Waals surface area contributed by atoms with Crippen molar-refractivity contribution in [1.29, 1.82) is 0 Å². The lowest BCUT2D eigenvalue weighted by Gasteiger charge is -2.27. The molecule has 0 radical (unpaired) electrons. The van der Waals surface area contributed by atoms with Gasteiger partial charge in [-0.05, 0) is 145 Å². The number of nitrogens with zero attached hydrogens (tertiary/aromatic N) is 3. The maximum atomic E-state index is 12.1. The molecule has 0 saturated heterocycles. The fraction of sp³-hybridized carbons (Fsp3) is 0.469. The smallest absolute Gasteiger partial charge is 0.294 e. The average Bonchev–Trinajstić information content (AvgIpc) is 3.60. The van der Waals surface area contributed by atoms with Crippen LogP contribution in [0.15, 0.2) is 99.6 Å². The van der Waals surface area contributed by atoms with E-state index in [-0.39, 0.29) is 47.6 Å². The maximum Gasteiger partial charge on any atom is 0.294 e. The second-order valence-corrected chi connectivity index (χ2v) is 27.0. The van der Waals surface area contributed by atoms with E-state index in [1.807, 2.05) is 77.4 Å². The normalized spacial score (nSPS) is 18.4. The van der Waals surface area contributed by atoms with Gasteiger partial charge < -0.3 is 9.80 Å². The number of carbonyl (C=O) groups is 1. The van der Waals surface area contributed by atoms with E-state index in [0.717, 1.165) is 76.1 Å². The highest BCUT2D eigenvalue weighted by Crippen LogP contribution is 2.51. The van der Waals surface area contributed by atoms with Gasteiger partial charge in [0.15, 0.2) is 9.50 Å². The topological polar surface area (TPSA) is 244 Å². The van der Waals surface area contributed by atoms with Gasteiger partial charge in [-0.1, -0.05) is 56.2 Å². The van der Waals surface area contributed by atoms with Crippen LogP contribution >= 0.6 is 34.2 Å². The first kappa shape index (κ1) is 56.8. The van der Waals surface area contributed by atoms with Crippen LogP contribution in [0.2, 0.25) is 0 Å². The van der Waals surface area contributed by atoms with Crippen LogP contribution in [0.4, 0.5) is 17.1 Å². The molecule has 0 fully saturated rings. The molecule has 3 aromatic rings. The van der Waals surface area contributed by atoms with Gasteiger partial charge in [0.05, 0.1) is 27.6 Å². The van der Waals surface area contributed by atoms with E-state index < -0.39 is 68.6 Å². The summed E-state index contributed by atoms with van der Waals surface area (Å²) in [5, 5.41) is 2.13. The molecule has 71 heavy (non-hydrogen) atoms. The van der Waals surface area contributed by atoms with E-state index in [4.69, 9.17) is 11.6 Å². The summed E-state index contributed by atoms with van der Waals surface area (Å²) in [5.41, 5.74) is 6.67. The number of fused-ring (bicyclic) bond motifs is 4. The fourth-order valence-electron chi connectivity index (χ4n) is 10.0. The summed E-state index contributed by atoms with van der Waals surface area (Å²) >= 11 is 9.13. The van der Waals surface area contributed by atoms with E-state index in [2.05, 4.69) is 30.9 Å². The Bertz CT molecular complexity index is 3160. The first-order valence-corrected chi connectivity index (χ1v) is 31.1. The molecule has 2 heterocycles. The fourth-order valence-corrected chi connectivity index (χ4v) is 12.7. The number of anilines is 2. The molecule has 4 N–H and O–H groups in total. The van der Waals surface area contributed by atoms with Crippen LogP contribution in [0.5, 0.6) is 0 Å². The second-order valence-electron chi connectivity index (χ2n) is 19.3. The minimum absolute atomic E-state index is 0.0446. The van der Waals surface area contributed by atoms with Gasteiger partial charge >= 0.3 is 0 Å². The molecule has 2 aliphatic heterocycles. The standard InChI is InChI=1S/C49H61ClIN3O13S4/c1-48(2)40-33-37(52(25-9-29-68(56,57)58)26-10-30-69(59,60)61)18-22-41(40)53(28-11-31-70(62,63)64)43(48)23-16-34-12-8-13-35(47(34)50)17-24-44-49(3,4)46-39-20-19-38(71(65,66)67)32-36(39)15-21-42(46)54(44)27-7-5-6-14-45(51)55/h15-24,32-33H,5-14,25-31H2,1-4H3,(H3-,56,57,58,59,60,61,62,63,64,65,66,67)/p+1. The third-order valence-corrected chi connectivity index (χ3v) is 17.7. The Morgan fingerprint density at radius 1 is 0.761 bits per heavy atom. The van der Waals surface area contributed by atoms with Crippen molar-refractivity contribution in [3.8, 4) is 0 Å². The Balaban J connectivity index is 1.36. The third kappa shape index (κ3) is 14.4. The Morgan fingerprint density at radius 2 is 1.41 bits per heavy atom. The lowest BCUT2D eigenvalue weighted by Crippen LogP contribution is -2.30. The monoisotopic (exact) mass is 1190 g/mol. The molecule has 1 aliphatic carbocycles.